The minimum Gasteiger partial charge on any atom is -0.382 e. The smallest absolute Gasteiger partial charge is 0.0466 e. The second kappa shape index (κ2) is 10.4. The molecule has 3 nitrogen and oxygen atoms in total. The van der Waals surface area contributed by atoms with Crippen LogP contribution >= 0.6 is 0 Å². The number of hydrogen-bond acceptors (Lipinski definition) is 3. The zero-order valence-corrected chi connectivity index (χ0v) is 10.6. The van der Waals surface area contributed by atoms with Gasteiger partial charge in [-0.05, 0) is 32.1 Å². The lowest BCUT2D eigenvalue weighted by Crippen LogP contribution is -2.35. The Morgan fingerprint density at radius 1 is 1.13 bits per heavy atom. The third-order valence-electron chi connectivity index (χ3n) is 2.62. The summed E-state index contributed by atoms with van der Waals surface area (Å²) < 4.78 is 5.30. The number of nitrogens with one attached hydrogen (secondary N) is 1. The fraction of sp³-hybridized carbons (Fsp3) is 1.00. The van der Waals surface area contributed by atoms with Gasteiger partial charge >= 0.3 is 0 Å². The van der Waals surface area contributed by atoms with Gasteiger partial charge in [0.15, 0.2) is 0 Å². The van der Waals surface area contributed by atoms with Crippen molar-refractivity contribution in [2.45, 2.75) is 58.9 Å². The molecule has 0 aliphatic rings. The van der Waals surface area contributed by atoms with Crippen LogP contribution in [0.1, 0.15) is 52.9 Å². The fourth-order valence-electron chi connectivity index (χ4n) is 1.66. The second-order valence-corrected chi connectivity index (χ2v) is 4.53. The standard InChI is InChI=1S/C12H28N2O/c1-4-15-10-6-9-12(14-13)8-5-7-11(2)3/h11-12,14H,4-10,13H2,1-3H3. The van der Waals surface area contributed by atoms with Crippen LogP contribution < -0.4 is 11.3 Å². The summed E-state index contributed by atoms with van der Waals surface area (Å²) in [6.07, 6.45) is 5.96. The molecule has 0 saturated heterocycles. The van der Waals surface area contributed by atoms with E-state index < -0.39 is 0 Å². The molecule has 3 heteroatoms. The van der Waals surface area contributed by atoms with Crippen molar-refractivity contribution in [3.05, 3.63) is 0 Å². The predicted octanol–water partition coefficient (Wildman–Crippen LogP) is 2.46. The quantitative estimate of drug-likeness (QED) is 0.335. The topological polar surface area (TPSA) is 47.3 Å². The van der Waals surface area contributed by atoms with Crippen LogP contribution in [0.25, 0.3) is 0 Å². The first-order valence-electron chi connectivity index (χ1n) is 6.24. The summed E-state index contributed by atoms with van der Waals surface area (Å²) in [6.45, 7) is 8.23. The second-order valence-electron chi connectivity index (χ2n) is 4.53. The number of rotatable bonds is 10. The monoisotopic (exact) mass is 216 g/mol. The van der Waals surface area contributed by atoms with E-state index in [1.165, 1.54) is 19.3 Å². The molecule has 0 amide bonds. The van der Waals surface area contributed by atoms with Crippen molar-refractivity contribution < 1.29 is 4.74 Å². The van der Waals surface area contributed by atoms with Crippen molar-refractivity contribution in [1.82, 2.24) is 5.43 Å². The minimum atomic E-state index is 0.462. The highest BCUT2D eigenvalue weighted by Gasteiger charge is 2.06. The van der Waals surface area contributed by atoms with Gasteiger partial charge in [0, 0.05) is 19.3 Å². The first-order valence-corrected chi connectivity index (χ1v) is 6.24. The first-order chi connectivity index (χ1) is 7.20. The van der Waals surface area contributed by atoms with Crippen LogP contribution in [0, 0.1) is 5.92 Å². The van der Waals surface area contributed by atoms with Crippen molar-refractivity contribution in [3.8, 4) is 0 Å². The van der Waals surface area contributed by atoms with Crippen LogP contribution in [0.4, 0.5) is 0 Å². The SMILES string of the molecule is CCOCCCC(CCCC(C)C)NN. The molecule has 92 valence electrons. The van der Waals surface area contributed by atoms with Crippen LogP contribution in [0.2, 0.25) is 0 Å². The molecule has 0 rings (SSSR count). The molecule has 0 aromatic rings. The molecule has 0 fully saturated rings. The van der Waals surface area contributed by atoms with Crippen LogP contribution in [-0.4, -0.2) is 19.3 Å². The van der Waals surface area contributed by atoms with E-state index in [-0.39, 0.29) is 0 Å². The molecule has 0 radical (unpaired) electrons. The summed E-state index contributed by atoms with van der Waals surface area (Å²) in [6, 6.07) is 0.462. The molecule has 3 N–H and O–H groups in total. The Bertz CT molecular complexity index is 129. The molecule has 0 aromatic carbocycles. The van der Waals surface area contributed by atoms with Crippen molar-refractivity contribution >= 4 is 0 Å². The van der Waals surface area contributed by atoms with Gasteiger partial charge in [0.25, 0.3) is 0 Å². The number of hydrazine groups is 1. The molecule has 0 aliphatic heterocycles. The maximum Gasteiger partial charge on any atom is 0.0466 e. The van der Waals surface area contributed by atoms with Gasteiger partial charge in [0.05, 0.1) is 0 Å². The van der Waals surface area contributed by atoms with Crippen LogP contribution in [0.5, 0.6) is 0 Å². The lowest BCUT2D eigenvalue weighted by Gasteiger charge is -2.16. The highest BCUT2D eigenvalue weighted by atomic mass is 16.5. The van der Waals surface area contributed by atoms with E-state index in [2.05, 4.69) is 19.3 Å². The zero-order valence-electron chi connectivity index (χ0n) is 10.6. The summed E-state index contributed by atoms with van der Waals surface area (Å²) in [5.74, 6) is 6.31. The van der Waals surface area contributed by atoms with E-state index in [1.807, 2.05) is 6.92 Å². The molecular weight excluding hydrogens is 188 g/mol. The number of hydrogen-bond donors (Lipinski definition) is 2. The van der Waals surface area contributed by atoms with E-state index >= 15 is 0 Å². The molecule has 0 bridgehead atoms. The number of ether oxygens (including phenoxy) is 1. The fourth-order valence-corrected chi connectivity index (χ4v) is 1.66. The third-order valence-corrected chi connectivity index (χ3v) is 2.62. The van der Waals surface area contributed by atoms with Gasteiger partial charge in [-0.1, -0.05) is 26.7 Å². The Morgan fingerprint density at radius 3 is 2.33 bits per heavy atom. The van der Waals surface area contributed by atoms with E-state index in [0.29, 0.717) is 6.04 Å². The van der Waals surface area contributed by atoms with Crippen LogP contribution in [-0.2, 0) is 4.74 Å². The minimum absolute atomic E-state index is 0.462. The van der Waals surface area contributed by atoms with Gasteiger partial charge in [-0.25, -0.2) is 0 Å². The average Bonchev–Trinajstić information content (AvgIpc) is 2.21. The lowest BCUT2D eigenvalue weighted by molar-refractivity contribution is 0.140. The van der Waals surface area contributed by atoms with E-state index in [9.17, 15) is 0 Å². The predicted molar refractivity (Wildman–Crippen MR) is 65.5 cm³/mol. The van der Waals surface area contributed by atoms with Gasteiger partial charge in [0.1, 0.15) is 0 Å². The average molecular weight is 216 g/mol. The largest absolute Gasteiger partial charge is 0.382 e. The van der Waals surface area contributed by atoms with Crippen molar-refractivity contribution in [2.24, 2.45) is 11.8 Å². The van der Waals surface area contributed by atoms with Gasteiger partial charge in [-0.3, -0.25) is 11.3 Å². The van der Waals surface area contributed by atoms with Crippen molar-refractivity contribution in [1.29, 1.82) is 0 Å². The van der Waals surface area contributed by atoms with E-state index in [4.69, 9.17) is 10.6 Å². The highest BCUT2D eigenvalue weighted by molar-refractivity contribution is 4.64. The first kappa shape index (κ1) is 14.9. The van der Waals surface area contributed by atoms with Gasteiger partial charge in [0.2, 0.25) is 0 Å². The van der Waals surface area contributed by atoms with Crippen LogP contribution in [0.15, 0.2) is 0 Å². The normalized spacial score (nSPS) is 13.4. The van der Waals surface area contributed by atoms with Crippen LogP contribution in [0.3, 0.4) is 0 Å². The third kappa shape index (κ3) is 10.2. The lowest BCUT2D eigenvalue weighted by atomic mass is 10.0. The summed E-state index contributed by atoms with van der Waals surface area (Å²) in [5, 5.41) is 0. The summed E-state index contributed by atoms with van der Waals surface area (Å²) >= 11 is 0. The Balaban J connectivity index is 3.38. The van der Waals surface area contributed by atoms with Gasteiger partial charge in [-0.2, -0.15) is 0 Å². The Morgan fingerprint density at radius 2 is 1.80 bits per heavy atom. The molecule has 0 heterocycles. The van der Waals surface area contributed by atoms with Crippen molar-refractivity contribution in [3.63, 3.8) is 0 Å². The molecule has 0 aliphatic carbocycles. The Hall–Kier alpha value is -0.120. The Kier molecular flexibility index (Phi) is 10.3. The summed E-state index contributed by atoms with van der Waals surface area (Å²) in [5.41, 5.74) is 2.90. The number of nitrogens with two attached hydrogens (primary N) is 1. The zero-order chi connectivity index (χ0) is 11.5. The molecule has 1 unspecified atom stereocenters. The van der Waals surface area contributed by atoms with Gasteiger partial charge < -0.3 is 4.74 Å². The molecule has 0 spiro atoms. The van der Waals surface area contributed by atoms with Gasteiger partial charge in [-0.15, -0.1) is 0 Å². The molecule has 0 aromatic heterocycles. The molecule has 1 atom stereocenters. The van der Waals surface area contributed by atoms with E-state index in [1.54, 1.807) is 0 Å². The maximum atomic E-state index is 5.51. The summed E-state index contributed by atoms with van der Waals surface area (Å²) in [4.78, 5) is 0. The Labute approximate surface area is 94.7 Å². The molecule has 15 heavy (non-hydrogen) atoms. The highest BCUT2D eigenvalue weighted by Crippen LogP contribution is 2.11. The summed E-state index contributed by atoms with van der Waals surface area (Å²) in [7, 11) is 0. The van der Waals surface area contributed by atoms with Crippen molar-refractivity contribution in [2.75, 3.05) is 13.2 Å². The van der Waals surface area contributed by atoms with E-state index in [0.717, 1.165) is 32.0 Å². The molecular formula is C12H28N2O. The molecule has 0 saturated carbocycles. The maximum absolute atomic E-state index is 5.51.